The summed E-state index contributed by atoms with van der Waals surface area (Å²) in [6.45, 7) is 2.10. The summed E-state index contributed by atoms with van der Waals surface area (Å²) in [4.78, 5) is 25.8. The molecule has 0 aliphatic heterocycles. The van der Waals surface area contributed by atoms with Crippen LogP contribution in [0.25, 0.3) is 0 Å². The molecule has 0 rings (SSSR count). The van der Waals surface area contributed by atoms with Gasteiger partial charge >= 0.3 is 13.8 Å². The van der Waals surface area contributed by atoms with Crippen LogP contribution in [0.3, 0.4) is 0 Å². The molecule has 2 atom stereocenters. The van der Waals surface area contributed by atoms with Crippen LogP contribution in [0.5, 0.6) is 0 Å². The van der Waals surface area contributed by atoms with Crippen LogP contribution in [0.15, 0.2) is 0 Å². The Bertz CT molecular complexity index is 571. The molecule has 0 saturated heterocycles. The van der Waals surface area contributed by atoms with E-state index in [0.717, 1.165) is 19.3 Å². The lowest BCUT2D eigenvalue weighted by Gasteiger charge is -2.24. The van der Waals surface area contributed by atoms with E-state index in [1.807, 2.05) is 21.1 Å². The highest BCUT2D eigenvalue weighted by molar-refractivity contribution is 7.47. The van der Waals surface area contributed by atoms with Crippen LogP contribution in [-0.2, 0) is 28.0 Å². The van der Waals surface area contributed by atoms with E-state index in [1.54, 1.807) is 0 Å². The summed E-state index contributed by atoms with van der Waals surface area (Å²) in [5, 5.41) is 8.95. The maximum absolute atomic E-state index is 11.9. The van der Waals surface area contributed by atoms with Crippen LogP contribution in [0.4, 0.5) is 0 Å². The minimum absolute atomic E-state index is 0.0379. The number of likely N-dealkylation sites (N-methyl/N-ethyl adjacent to an activating group) is 1. The second-order valence-electron chi connectivity index (χ2n) is 10.7. The van der Waals surface area contributed by atoms with E-state index in [0.29, 0.717) is 17.4 Å². The van der Waals surface area contributed by atoms with Gasteiger partial charge in [-0.15, -0.1) is 0 Å². The van der Waals surface area contributed by atoms with Gasteiger partial charge < -0.3 is 14.1 Å². The zero-order valence-electron chi connectivity index (χ0n) is 23.5. The van der Waals surface area contributed by atoms with Crippen molar-refractivity contribution in [1.29, 1.82) is 0 Å². The normalized spacial score (nSPS) is 14.5. The first kappa shape index (κ1) is 35.5. The van der Waals surface area contributed by atoms with Gasteiger partial charge in [-0.1, -0.05) is 96.8 Å². The maximum Gasteiger partial charge on any atom is 0.472 e. The molecule has 0 aromatic heterocycles. The van der Waals surface area contributed by atoms with E-state index < -0.39 is 26.5 Å². The van der Waals surface area contributed by atoms with Gasteiger partial charge in [0, 0.05) is 6.42 Å². The first-order valence-electron chi connectivity index (χ1n) is 14.0. The second kappa shape index (κ2) is 22.4. The third-order valence-electron chi connectivity index (χ3n) is 6.00. The SMILES string of the molecule is CCCCCCCCCCCCCCCCCC(=O)OCC(COP(=O)(O)OCC[N+](C)(C)C)OO. The average Bonchev–Trinajstić information content (AvgIpc) is 2.80. The van der Waals surface area contributed by atoms with Crippen molar-refractivity contribution >= 4 is 13.8 Å². The van der Waals surface area contributed by atoms with E-state index in [9.17, 15) is 14.3 Å². The third kappa shape index (κ3) is 25.1. The van der Waals surface area contributed by atoms with Gasteiger partial charge in [0.2, 0.25) is 0 Å². The molecule has 0 aromatic carbocycles. The van der Waals surface area contributed by atoms with Gasteiger partial charge in [-0.25, -0.2) is 9.45 Å². The van der Waals surface area contributed by atoms with Crippen molar-refractivity contribution < 1.29 is 42.7 Å². The fraction of sp³-hybridized carbons (Fsp3) is 0.962. The summed E-state index contributed by atoms with van der Waals surface area (Å²) < 4.78 is 27.3. The molecular weight excluding hydrogens is 485 g/mol. The summed E-state index contributed by atoms with van der Waals surface area (Å²) in [5.74, 6) is -0.391. The number of phosphoric ester groups is 1. The minimum Gasteiger partial charge on any atom is -0.463 e. The number of esters is 1. The van der Waals surface area contributed by atoms with Crippen molar-refractivity contribution in [2.24, 2.45) is 0 Å². The Morgan fingerprint density at radius 3 is 1.69 bits per heavy atom. The number of nitrogens with zero attached hydrogens (tertiary/aromatic N) is 1. The second-order valence-corrected chi connectivity index (χ2v) is 12.2. The molecular formula is C26H55NO8P+. The highest BCUT2D eigenvalue weighted by atomic mass is 31.2. The van der Waals surface area contributed by atoms with E-state index in [1.165, 1.54) is 77.0 Å². The number of carbonyl (C=O) groups excluding carboxylic acids is 1. The first-order chi connectivity index (χ1) is 17.1. The van der Waals surface area contributed by atoms with Crippen molar-refractivity contribution in [3.05, 3.63) is 0 Å². The largest absolute Gasteiger partial charge is 0.472 e. The summed E-state index contributed by atoms with van der Waals surface area (Å²) >= 11 is 0. The molecule has 9 nitrogen and oxygen atoms in total. The molecule has 0 amide bonds. The van der Waals surface area contributed by atoms with Crippen LogP contribution in [-0.4, -0.2) is 74.2 Å². The molecule has 10 heteroatoms. The van der Waals surface area contributed by atoms with Crippen LogP contribution >= 0.6 is 7.82 Å². The van der Waals surface area contributed by atoms with E-state index in [2.05, 4.69) is 11.8 Å². The molecule has 2 unspecified atom stereocenters. The molecule has 0 heterocycles. The predicted octanol–water partition coefficient (Wildman–Crippen LogP) is 6.49. The van der Waals surface area contributed by atoms with Gasteiger partial charge in [0.15, 0.2) is 6.10 Å². The van der Waals surface area contributed by atoms with Crippen molar-refractivity contribution in [2.75, 3.05) is 47.5 Å². The quantitative estimate of drug-likeness (QED) is 0.0320. The van der Waals surface area contributed by atoms with Crippen molar-refractivity contribution in [1.82, 2.24) is 0 Å². The Kier molecular flexibility index (Phi) is 22.1. The van der Waals surface area contributed by atoms with E-state index >= 15 is 0 Å². The molecule has 0 spiro atoms. The Morgan fingerprint density at radius 2 is 1.25 bits per heavy atom. The average molecular weight is 541 g/mol. The topological polar surface area (TPSA) is 112 Å². The Labute approximate surface area is 220 Å². The van der Waals surface area contributed by atoms with Gasteiger partial charge in [0.25, 0.3) is 0 Å². The summed E-state index contributed by atoms with van der Waals surface area (Å²) in [6, 6.07) is 0. The molecule has 0 radical (unpaired) electrons. The lowest BCUT2D eigenvalue weighted by molar-refractivity contribution is -0.870. The van der Waals surface area contributed by atoms with Crippen molar-refractivity contribution in [3.63, 3.8) is 0 Å². The molecule has 0 saturated carbocycles. The highest BCUT2D eigenvalue weighted by Gasteiger charge is 2.25. The molecule has 216 valence electrons. The lowest BCUT2D eigenvalue weighted by Crippen LogP contribution is -2.37. The lowest BCUT2D eigenvalue weighted by atomic mass is 10.0. The van der Waals surface area contributed by atoms with Gasteiger partial charge in [-0.05, 0) is 6.42 Å². The smallest absolute Gasteiger partial charge is 0.463 e. The number of unbranched alkanes of at least 4 members (excludes halogenated alkanes) is 14. The van der Waals surface area contributed by atoms with Gasteiger partial charge in [-0.2, -0.15) is 0 Å². The van der Waals surface area contributed by atoms with Crippen LogP contribution < -0.4 is 0 Å². The number of ether oxygens (including phenoxy) is 1. The number of hydrogen-bond donors (Lipinski definition) is 2. The number of quaternary nitrogens is 1. The fourth-order valence-electron chi connectivity index (χ4n) is 3.65. The Balaban J connectivity index is 3.65. The van der Waals surface area contributed by atoms with Crippen LogP contribution in [0, 0.1) is 0 Å². The molecule has 0 fully saturated rings. The predicted molar refractivity (Wildman–Crippen MR) is 143 cm³/mol. The third-order valence-corrected chi connectivity index (χ3v) is 6.99. The molecule has 36 heavy (non-hydrogen) atoms. The van der Waals surface area contributed by atoms with Gasteiger partial charge in [0.1, 0.15) is 19.8 Å². The molecule has 0 aromatic rings. The monoisotopic (exact) mass is 540 g/mol. The standard InChI is InChI=1S/C26H54NO8P/c1-5-6-7-8-9-10-11-12-13-14-15-16-17-18-19-20-26(28)32-23-25(35-29)24-34-36(30,31)33-22-21-27(2,3)4/h25H,5-24H2,1-4H3,(H-,29,30,31)/p+1. The van der Waals surface area contributed by atoms with Crippen molar-refractivity contribution in [3.8, 4) is 0 Å². The van der Waals surface area contributed by atoms with Crippen LogP contribution in [0.2, 0.25) is 0 Å². The van der Waals surface area contributed by atoms with Gasteiger partial charge in [0.05, 0.1) is 27.7 Å². The zero-order chi connectivity index (χ0) is 27.1. The Morgan fingerprint density at radius 1 is 0.778 bits per heavy atom. The zero-order valence-corrected chi connectivity index (χ0v) is 24.4. The molecule has 0 bridgehead atoms. The summed E-state index contributed by atoms with van der Waals surface area (Å²) in [6.07, 6.45) is 18.1. The molecule has 0 aliphatic rings. The minimum atomic E-state index is -4.28. The molecule has 2 N–H and O–H groups in total. The fourth-order valence-corrected chi connectivity index (χ4v) is 4.39. The maximum atomic E-state index is 11.9. The van der Waals surface area contributed by atoms with Crippen molar-refractivity contribution in [2.45, 2.75) is 116 Å². The molecule has 0 aliphatic carbocycles. The summed E-state index contributed by atoms with van der Waals surface area (Å²) in [7, 11) is 1.50. The Hall–Kier alpha value is -0.540. The number of carbonyl (C=O) groups is 1. The van der Waals surface area contributed by atoms with E-state index in [4.69, 9.17) is 19.0 Å². The highest BCUT2D eigenvalue weighted by Crippen LogP contribution is 2.43. The number of hydrogen-bond acceptors (Lipinski definition) is 7. The van der Waals surface area contributed by atoms with Gasteiger partial charge in [-0.3, -0.25) is 19.1 Å². The summed E-state index contributed by atoms with van der Waals surface area (Å²) in [5.41, 5.74) is 0. The van der Waals surface area contributed by atoms with Crippen LogP contribution in [0.1, 0.15) is 110 Å². The van der Waals surface area contributed by atoms with E-state index in [-0.39, 0.29) is 13.2 Å². The first-order valence-corrected chi connectivity index (χ1v) is 15.5. The number of rotatable bonds is 26. The number of phosphoric acid groups is 1.